The predicted octanol–water partition coefficient (Wildman–Crippen LogP) is 6.34. The molecule has 0 aliphatic heterocycles. The summed E-state index contributed by atoms with van der Waals surface area (Å²) in [6.45, 7) is 0. The van der Waals surface area contributed by atoms with E-state index in [1.165, 1.54) is 30.3 Å². The molecule has 0 radical (unpaired) electrons. The monoisotopic (exact) mass is 455 g/mol. The highest BCUT2D eigenvalue weighted by Crippen LogP contribution is 2.28. The van der Waals surface area contributed by atoms with Gasteiger partial charge in [-0.25, -0.2) is 4.79 Å². The molecule has 0 aliphatic carbocycles. The molecule has 0 unspecified atom stereocenters. The van der Waals surface area contributed by atoms with Crippen molar-refractivity contribution in [1.29, 1.82) is 0 Å². The van der Waals surface area contributed by atoms with Crippen molar-refractivity contribution in [2.45, 2.75) is 0 Å². The number of benzene rings is 3. The molecule has 0 spiro atoms. The third-order valence-corrected chi connectivity index (χ3v) is 4.62. The Balaban J connectivity index is 2.05. The molecule has 3 aromatic carbocycles. The highest BCUT2D eigenvalue weighted by molar-refractivity contribution is 6.36. The number of halogens is 2. The Kier molecular flexibility index (Phi) is 7.02. The third-order valence-electron chi connectivity index (χ3n) is 4.06. The maximum absolute atomic E-state index is 12.9. The minimum Gasteiger partial charge on any atom is -0.505 e. The third kappa shape index (κ3) is 5.48. The first kappa shape index (κ1) is 22.0. The molecule has 1 amide bonds. The number of nitrogens with zero attached hydrogens (tertiary/aromatic N) is 2. The number of aliphatic hydroxyl groups excluding tert-OH is 1. The number of carboxylic acid groups (broad SMARTS) is 1. The van der Waals surface area contributed by atoms with Gasteiger partial charge in [-0.05, 0) is 30.3 Å². The number of rotatable bonds is 6. The van der Waals surface area contributed by atoms with Gasteiger partial charge in [0.2, 0.25) is 0 Å². The molecule has 3 aromatic rings. The molecular weight excluding hydrogens is 441 g/mol. The quantitative estimate of drug-likeness (QED) is 0.228. The van der Waals surface area contributed by atoms with Gasteiger partial charge in [0.25, 0.3) is 5.91 Å². The molecule has 0 aliphatic rings. The Morgan fingerprint density at radius 2 is 1.55 bits per heavy atom. The van der Waals surface area contributed by atoms with E-state index in [4.69, 9.17) is 23.2 Å². The summed E-state index contributed by atoms with van der Waals surface area (Å²) < 4.78 is 0. The average molecular weight is 456 g/mol. The van der Waals surface area contributed by atoms with Crippen LogP contribution in [0.5, 0.6) is 0 Å². The van der Waals surface area contributed by atoms with Crippen molar-refractivity contribution < 1.29 is 19.8 Å². The highest BCUT2D eigenvalue weighted by atomic mass is 35.5. The molecule has 7 nitrogen and oxygen atoms in total. The van der Waals surface area contributed by atoms with Crippen molar-refractivity contribution in [3.05, 3.63) is 99.7 Å². The second kappa shape index (κ2) is 9.88. The second-order valence-electron chi connectivity index (χ2n) is 6.16. The summed E-state index contributed by atoms with van der Waals surface area (Å²) in [5, 5.41) is 30.9. The number of carbonyl (C=O) groups excluding carboxylic acids is 1. The Labute approximate surface area is 187 Å². The molecular formula is C22H15Cl2N3O4. The maximum Gasteiger partial charge on any atom is 0.337 e. The Hall–Kier alpha value is -3.68. The average Bonchev–Trinajstić information content (AvgIpc) is 2.77. The summed E-state index contributed by atoms with van der Waals surface area (Å²) >= 11 is 12.1. The summed E-state index contributed by atoms with van der Waals surface area (Å²) in [6, 6.07) is 18.6. The zero-order valence-electron chi connectivity index (χ0n) is 15.8. The van der Waals surface area contributed by atoms with Crippen molar-refractivity contribution in [1.82, 2.24) is 0 Å². The van der Waals surface area contributed by atoms with Gasteiger partial charge in [-0.15, -0.1) is 10.2 Å². The normalized spacial score (nSPS) is 11.8. The summed E-state index contributed by atoms with van der Waals surface area (Å²) in [7, 11) is 0. The fourth-order valence-electron chi connectivity index (χ4n) is 2.55. The molecule has 0 atom stereocenters. The number of amides is 1. The van der Waals surface area contributed by atoms with Crippen LogP contribution in [-0.4, -0.2) is 22.1 Å². The van der Waals surface area contributed by atoms with Gasteiger partial charge in [0.1, 0.15) is 5.69 Å². The van der Waals surface area contributed by atoms with E-state index in [0.717, 1.165) is 0 Å². The van der Waals surface area contributed by atoms with Gasteiger partial charge >= 0.3 is 5.97 Å². The topological polar surface area (TPSA) is 111 Å². The number of hydrogen-bond donors (Lipinski definition) is 3. The van der Waals surface area contributed by atoms with E-state index in [2.05, 4.69) is 15.5 Å². The summed E-state index contributed by atoms with van der Waals surface area (Å²) in [4.78, 5) is 24.3. The first-order valence-electron chi connectivity index (χ1n) is 8.86. The van der Waals surface area contributed by atoms with Gasteiger partial charge in [-0.3, -0.25) is 4.79 Å². The van der Waals surface area contributed by atoms with Gasteiger partial charge < -0.3 is 15.5 Å². The molecule has 31 heavy (non-hydrogen) atoms. The lowest BCUT2D eigenvalue weighted by molar-refractivity contribution is -0.112. The summed E-state index contributed by atoms with van der Waals surface area (Å²) in [5.74, 6) is -2.47. The molecule has 3 N–H and O–H groups in total. The Morgan fingerprint density at radius 3 is 2.26 bits per heavy atom. The van der Waals surface area contributed by atoms with Crippen LogP contribution in [0.2, 0.25) is 10.0 Å². The van der Waals surface area contributed by atoms with Crippen LogP contribution in [0.15, 0.2) is 88.7 Å². The predicted molar refractivity (Wildman–Crippen MR) is 119 cm³/mol. The number of aliphatic hydroxyl groups is 1. The van der Waals surface area contributed by atoms with Gasteiger partial charge in [-0.1, -0.05) is 65.7 Å². The molecule has 0 saturated carbocycles. The molecule has 9 heteroatoms. The smallest absolute Gasteiger partial charge is 0.337 e. The highest BCUT2D eigenvalue weighted by Gasteiger charge is 2.19. The zero-order chi connectivity index (χ0) is 22.4. The van der Waals surface area contributed by atoms with Crippen LogP contribution < -0.4 is 5.32 Å². The fraction of sp³-hybridized carbons (Fsp3) is 0. The van der Waals surface area contributed by atoms with E-state index in [0.29, 0.717) is 10.6 Å². The molecule has 0 fully saturated rings. The number of hydrogen-bond acceptors (Lipinski definition) is 5. The summed E-state index contributed by atoms with van der Waals surface area (Å²) in [6.07, 6.45) is 0. The molecule has 0 bridgehead atoms. The second-order valence-corrected chi connectivity index (χ2v) is 7.01. The van der Waals surface area contributed by atoms with Crippen molar-refractivity contribution >= 4 is 52.2 Å². The number of carboxylic acids is 1. The van der Waals surface area contributed by atoms with Crippen molar-refractivity contribution in [3.8, 4) is 0 Å². The number of aromatic carboxylic acids is 1. The van der Waals surface area contributed by atoms with Crippen LogP contribution in [0.4, 0.5) is 11.4 Å². The minimum absolute atomic E-state index is 0.0157. The van der Waals surface area contributed by atoms with Crippen LogP contribution >= 0.6 is 23.2 Å². The van der Waals surface area contributed by atoms with Crippen LogP contribution in [0.25, 0.3) is 5.76 Å². The lowest BCUT2D eigenvalue weighted by Crippen LogP contribution is -2.15. The number of carbonyl (C=O) groups is 2. The summed E-state index contributed by atoms with van der Waals surface area (Å²) in [5.41, 5.74) is -0.0125. The number of azo groups is 1. The SMILES string of the molecule is O=C(Nc1cc(Cl)ccc1Cl)/C(N=Nc1ccccc1C(=O)O)=C(/O)c1ccccc1. The molecule has 3 rings (SSSR count). The van der Waals surface area contributed by atoms with E-state index in [-0.39, 0.29) is 22.0 Å². The number of nitrogens with one attached hydrogen (secondary N) is 1. The lowest BCUT2D eigenvalue weighted by atomic mass is 10.1. The van der Waals surface area contributed by atoms with E-state index < -0.39 is 23.3 Å². The molecule has 156 valence electrons. The van der Waals surface area contributed by atoms with Crippen LogP contribution in [0.3, 0.4) is 0 Å². The maximum atomic E-state index is 12.9. The lowest BCUT2D eigenvalue weighted by Gasteiger charge is -2.10. The van der Waals surface area contributed by atoms with Gasteiger partial charge in [0.15, 0.2) is 11.5 Å². The van der Waals surface area contributed by atoms with E-state index in [9.17, 15) is 19.8 Å². The van der Waals surface area contributed by atoms with E-state index >= 15 is 0 Å². The molecule has 0 saturated heterocycles. The van der Waals surface area contributed by atoms with Crippen molar-refractivity contribution in [3.63, 3.8) is 0 Å². The number of anilines is 1. The largest absolute Gasteiger partial charge is 0.505 e. The van der Waals surface area contributed by atoms with Gasteiger partial charge in [-0.2, -0.15) is 0 Å². The van der Waals surface area contributed by atoms with Gasteiger partial charge in [0, 0.05) is 10.6 Å². The standard InChI is InChI=1S/C22H15Cl2N3O4/c23-14-10-11-16(24)18(12-14)25-21(29)19(20(28)13-6-2-1-3-7-13)27-26-17-9-5-4-8-15(17)22(30)31/h1-12,28H,(H,25,29)(H,30,31)/b20-19-,27-26?. The Morgan fingerprint density at radius 1 is 0.871 bits per heavy atom. The molecule has 0 heterocycles. The van der Waals surface area contributed by atoms with Crippen LogP contribution in [0, 0.1) is 0 Å². The minimum atomic E-state index is -1.21. The first-order chi connectivity index (χ1) is 14.9. The van der Waals surface area contributed by atoms with Crippen LogP contribution in [0.1, 0.15) is 15.9 Å². The van der Waals surface area contributed by atoms with Gasteiger partial charge in [0.05, 0.1) is 16.3 Å². The first-order valence-corrected chi connectivity index (χ1v) is 9.61. The fourth-order valence-corrected chi connectivity index (χ4v) is 2.89. The van der Waals surface area contributed by atoms with Crippen molar-refractivity contribution in [2.24, 2.45) is 10.2 Å². The van der Waals surface area contributed by atoms with Crippen molar-refractivity contribution in [2.75, 3.05) is 5.32 Å². The van der Waals surface area contributed by atoms with E-state index in [1.54, 1.807) is 42.5 Å². The molecule has 0 aromatic heterocycles. The Bertz CT molecular complexity index is 1190. The zero-order valence-corrected chi connectivity index (χ0v) is 17.3. The van der Waals surface area contributed by atoms with E-state index in [1.807, 2.05) is 0 Å². The van der Waals surface area contributed by atoms with Crippen LogP contribution in [-0.2, 0) is 4.79 Å².